The van der Waals surface area contributed by atoms with Crippen LogP contribution >= 0.6 is 11.6 Å². The highest BCUT2D eigenvalue weighted by Crippen LogP contribution is 2.27. The van der Waals surface area contributed by atoms with Crippen molar-refractivity contribution in [2.75, 3.05) is 32.7 Å². The number of nitrogens with one attached hydrogen (secondary N) is 3. The second-order valence-electron chi connectivity index (χ2n) is 7.81. The van der Waals surface area contributed by atoms with Gasteiger partial charge in [0.25, 0.3) is 5.91 Å². The van der Waals surface area contributed by atoms with E-state index < -0.39 is 11.8 Å². The van der Waals surface area contributed by atoms with Gasteiger partial charge in [-0.25, -0.2) is 5.43 Å². The highest BCUT2D eigenvalue weighted by atomic mass is 35.5. The molecule has 11 heteroatoms. The summed E-state index contributed by atoms with van der Waals surface area (Å²) in [5, 5.41) is 9.55. The average molecular weight is 539 g/mol. The monoisotopic (exact) mass is 538 g/mol. The van der Waals surface area contributed by atoms with Gasteiger partial charge in [0.2, 0.25) is 0 Å². The van der Waals surface area contributed by atoms with Crippen LogP contribution in [0.4, 0.5) is 5.69 Å². The van der Waals surface area contributed by atoms with Crippen molar-refractivity contribution >= 4 is 41.2 Å². The number of halogens is 1. The summed E-state index contributed by atoms with van der Waals surface area (Å²) in [5.74, 6) is -0.357. The van der Waals surface area contributed by atoms with E-state index in [9.17, 15) is 14.4 Å². The van der Waals surface area contributed by atoms with E-state index in [0.717, 1.165) is 5.56 Å². The van der Waals surface area contributed by atoms with Crippen LogP contribution in [0.1, 0.15) is 11.1 Å². The van der Waals surface area contributed by atoms with E-state index in [2.05, 4.69) is 21.2 Å². The molecule has 0 radical (unpaired) electrons. The standard InChI is InChI=1S/C27H27ClN4O6/c1-36-23-11-8-18(14-24(23)37-2)12-13-29-26(34)27(35)32-30-16-19-6-9-22(10-7-19)38-17-25(33)31-21-5-3-4-20(28)15-21/h3-11,14-16H,12-13,17H2,1-2H3,(H,29,34)(H,31,33)(H,32,35)/b30-16-. The molecule has 0 heterocycles. The van der Waals surface area contributed by atoms with Crippen molar-refractivity contribution in [1.82, 2.24) is 10.7 Å². The molecule has 38 heavy (non-hydrogen) atoms. The highest BCUT2D eigenvalue weighted by Gasteiger charge is 2.12. The first-order valence-corrected chi connectivity index (χ1v) is 11.9. The number of carbonyl (C=O) groups excluding carboxylic acids is 3. The molecule has 3 aromatic rings. The van der Waals surface area contributed by atoms with E-state index in [1.54, 1.807) is 68.8 Å². The molecule has 0 aliphatic rings. The summed E-state index contributed by atoms with van der Waals surface area (Å²) >= 11 is 5.90. The van der Waals surface area contributed by atoms with Gasteiger partial charge in [-0.05, 0) is 72.1 Å². The number of hydrazone groups is 1. The predicted octanol–water partition coefficient (Wildman–Crippen LogP) is 3.18. The van der Waals surface area contributed by atoms with Gasteiger partial charge in [0.1, 0.15) is 5.75 Å². The SMILES string of the molecule is COc1ccc(CCNC(=O)C(=O)N/N=C\c2ccc(OCC(=O)Nc3cccc(Cl)c3)cc2)cc1OC. The third kappa shape index (κ3) is 8.82. The number of ether oxygens (including phenoxy) is 3. The first-order valence-electron chi connectivity index (χ1n) is 11.5. The average Bonchev–Trinajstić information content (AvgIpc) is 2.92. The van der Waals surface area contributed by atoms with Crippen molar-refractivity contribution in [3.8, 4) is 17.2 Å². The molecule has 0 aromatic heterocycles. The van der Waals surface area contributed by atoms with Crippen LogP contribution in [-0.4, -0.2) is 51.3 Å². The van der Waals surface area contributed by atoms with Gasteiger partial charge >= 0.3 is 11.8 Å². The van der Waals surface area contributed by atoms with Crippen molar-refractivity contribution in [3.63, 3.8) is 0 Å². The number of methoxy groups -OCH3 is 2. The highest BCUT2D eigenvalue weighted by molar-refractivity contribution is 6.35. The molecule has 10 nitrogen and oxygen atoms in total. The molecule has 0 fully saturated rings. The zero-order valence-corrected chi connectivity index (χ0v) is 21.6. The number of hydrogen-bond donors (Lipinski definition) is 3. The topological polar surface area (TPSA) is 127 Å². The Morgan fingerprint density at radius 2 is 1.68 bits per heavy atom. The van der Waals surface area contributed by atoms with Gasteiger partial charge in [0.05, 0.1) is 20.4 Å². The molecule has 3 amide bonds. The van der Waals surface area contributed by atoms with Crippen molar-refractivity contribution in [1.29, 1.82) is 0 Å². The molecule has 198 valence electrons. The van der Waals surface area contributed by atoms with Crippen LogP contribution in [0.25, 0.3) is 0 Å². The Morgan fingerprint density at radius 3 is 2.39 bits per heavy atom. The Hall–Kier alpha value is -4.57. The summed E-state index contributed by atoms with van der Waals surface area (Å²) in [6.45, 7) is 0.0706. The third-order valence-corrected chi connectivity index (χ3v) is 5.33. The molecule has 3 N–H and O–H groups in total. The minimum atomic E-state index is -0.890. The van der Waals surface area contributed by atoms with E-state index in [1.165, 1.54) is 6.21 Å². The smallest absolute Gasteiger partial charge is 0.329 e. The molecule has 3 aromatic carbocycles. The maximum atomic E-state index is 12.0. The number of benzene rings is 3. The predicted molar refractivity (Wildman–Crippen MR) is 144 cm³/mol. The molecule has 0 spiro atoms. The first-order chi connectivity index (χ1) is 18.4. The maximum absolute atomic E-state index is 12.0. The van der Waals surface area contributed by atoms with Crippen LogP contribution in [0.2, 0.25) is 5.02 Å². The van der Waals surface area contributed by atoms with Gasteiger partial charge in [-0.1, -0.05) is 23.7 Å². The minimum absolute atomic E-state index is 0.183. The van der Waals surface area contributed by atoms with E-state index >= 15 is 0 Å². The van der Waals surface area contributed by atoms with E-state index in [4.69, 9.17) is 25.8 Å². The molecule has 0 aliphatic carbocycles. The minimum Gasteiger partial charge on any atom is -0.493 e. The lowest BCUT2D eigenvalue weighted by Crippen LogP contribution is -2.38. The summed E-state index contributed by atoms with van der Waals surface area (Å²) in [6.07, 6.45) is 1.88. The van der Waals surface area contributed by atoms with Crippen LogP contribution in [0.15, 0.2) is 71.8 Å². The summed E-state index contributed by atoms with van der Waals surface area (Å²) < 4.78 is 15.9. The summed E-state index contributed by atoms with van der Waals surface area (Å²) in [6, 6.07) is 18.9. The number of rotatable bonds is 11. The lowest BCUT2D eigenvalue weighted by Gasteiger charge is -2.10. The van der Waals surface area contributed by atoms with Gasteiger partial charge in [0.15, 0.2) is 18.1 Å². The second kappa shape index (κ2) is 14.2. The zero-order chi connectivity index (χ0) is 27.3. The molecule has 0 atom stereocenters. The van der Waals surface area contributed by atoms with E-state index in [1.807, 2.05) is 12.1 Å². The third-order valence-electron chi connectivity index (χ3n) is 5.09. The number of anilines is 1. The first kappa shape index (κ1) is 28.0. The molecular weight excluding hydrogens is 512 g/mol. The normalized spacial score (nSPS) is 10.5. The second-order valence-corrected chi connectivity index (χ2v) is 8.25. The Kier molecular flexibility index (Phi) is 10.5. The fraction of sp³-hybridized carbons (Fsp3) is 0.185. The Morgan fingerprint density at radius 1 is 0.921 bits per heavy atom. The molecule has 3 rings (SSSR count). The van der Waals surface area contributed by atoms with Crippen LogP contribution in [-0.2, 0) is 20.8 Å². The summed E-state index contributed by atoms with van der Waals surface area (Å²) in [7, 11) is 3.10. The van der Waals surface area contributed by atoms with E-state index in [0.29, 0.717) is 39.9 Å². The van der Waals surface area contributed by atoms with Gasteiger partial charge in [-0.15, -0.1) is 0 Å². The van der Waals surface area contributed by atoms with Gasteiger partial charge in [0, 0.05) is 17.3 Å². The summed E-state index contributed by atoms with van der Waals surface area (Å²) in [5.41, 5.74) is 4.32. The molecular formula is C27H27ClN4O6. The number of hydrogen-bond acceptors (Lipinski definition) is 7. The van der Waals surface area contributed by atoms with E-state index in [-0.39, 0.29) is 19.1 Å². The number of amides is 3. The molecule has 0 saturated carbocycles. The van der Waals surface area contributed by atoms with Crippen LogP contribution < -0.4 is 30.3 Å². The van der Waals surface area contributed by atoms with Crippen molar-refractivity contribution in [3.05, 3.63) is 82.9 Å². The maximum Gasteiger partial charge on any atom is 0.329 e. The Bertz CT molecular complexity index is 1300. The fourth-order valence-electron chi connectivity index (χ4n) is 3.22. The quantitative estimate of drug-likeness (QED) is 0.195. The van der Waals surface area contributed by atoms with Crippen molar-refractivity contribution in [2.24, 2.45) is 5.10 Å². The zero-order valence-electron chi connectivity index (χ0n) is 20.8. The van der Waals surface area contributed by atoms with Crippen LogP contribution in [0, 0.1) is 0 Å². The van der Waals surface area contributed by atoms with Gasteiger partial charge in [-0.3, -0.25) is 14.4 Å². The molecule has 0 unspecified atom stereocenters. The lowest BCUT2D eigenvalue weighted by atomic mass is 10.1. The fourth-order valence-corrected chi connectivity index (χ4v) is 3.41. The molecule has 0 bridgehead atoms. The Balaban J connectivity index is 1.37. The Labute approximate surface area is 224 Å². The number of nitrogens with zero attached hydrogens (tertiary/aromatic N) is 1. The summed E-state index contributed by atoms with van der Waals surface area (Å²) in [4.78, 5) is 36.0. The van der Waals surface area contributed by atoms with Crippen LogP contribution in [0.5, 0.6) is 17.2 Å². The largest absolute Gasteiger partial charge is 0.493 e. The van der Waals surface area contributed by atoms with Crippen molar-refractivity contribution in [2.45, 2.75) is 6.42 Å². The molecule has 0 saturated heterocycles. The van der Waals surface area contributed by atoms with Gasteiger partial charge in [-0.2, -0.15) is 5.10 Å². The van der Waals surface area contributed by atoms with Crippen molar-refractivity contribution < 1.29 is 28.6 Å². The molecule has 0 aliphatic heterocycles. The number of carbonyl (C=O) groups is 3. The van der Waals surface area contributed by atoms with Crippen LogP contribution in [0.3, 0.4) is 0 Å². The van der Waals surface area contributed by atoms with Gasteiger partial charge < -0.3 is 24.8 Å². The lowest BCUT2D eigenvalue weighted by molar-refractivity contribution is -0.139.